The quantitative estimate of drug-likeness (QED) is 0.605. The highest BCUT2D eigenvalue weighted by Crippen LogP contribution is 2.24. The molecule has 1 aromatic heterocycles. The molecule has 0 amide bonds. The number of phenolic OH excluding ortho intramolecular Hbond substituents is 1. The van der Waals surface area contributed by atoms with Crippen molar-refractivity contribution >= 4 is 28.2 Å². The fraction of sp³-hybridized carbons (Fsp3) is 0.357. The molecule has 1 aromatic carbocycles. The lowest BCUT2D eigenvalue weighted by molar-refractivity contribution is 0.149. The number of pyridine rings is 1. The van der Waals surface area contributed by atoms with E-state index in [0.717, 1.165) is 29.6 Å². The minimum absolute atomic E-state index is 0.244. The molecular weight excluding hydrogens is 264 g/mol. The van der Waals surface area contributed by atoms with Gasteiger partial charge in [0.15, 0.2) is 0 Å². The highest BCUT2D eigenvalue weighted by Gasteiger charge is 2.02. The Hall–Kier alpha value is -1.52. The summed E-state index contributed by atoms with van der Waals surface area (Å²) < 4.78 is 5.29. The van der Waals surface area contributed by atoms with Crippen molar-refractivity contribution in [3.63, 3.8) is 0 Å². The van der Waals surface area contributed by atoms with Gasteiger partial charge in [0, 0.05) is 30.6 Å². The van der Waals surface area contributed by atoms with E-state index >= 15 is 0 Å². The topological polar surface area (TPSA) is 54.4 Å². The smallest absolute Gasteiger partial charge is 0.133 e. The van der Waals surface area contributed by atoms with Crippen LogP contribution in [0.3, 0.4) is 0 Å². The van der Waals surface area contributed by atoms with Gasteiger partial charge in [-0.3, -0.25) is 0 Å². The number of phenols is 1. The molecule has 0 saturated heterocycles. The molecule has 0 radical (unpaired) electrons. The number of nitrogens with zero attached hydrogens (tertiary/aromatic N) is 1. The summed E-state index contributed by atoms with van der Waals surface area (Å²) in [6.07, 6.45) is 2.64. The average molecular weight is 281 g/mol. The van der Waals surface area contributed by atoms with Gasteiger partial charge in [-0.05, 0) is 30.0 Å². The first-order chi connectivity index (χ1) is 9.31. The second kappa shape index (κ2) is 7.16. The second-order valence-electron chi connectivity index (χ2n) is 4.15. The molecule has 0 spiro atoms. The van der Waals surface area contributed by atoms with Crippen LogP contribution in [0.15, 0.2) is 30.5 Å². The SMILES string of the molecule is Oc1ccc2ccnc(NCCCOCCCl)c2c1. The summed E-state index contributed by atoms with van der Waals surface area (Å²) in [6.45, 7) is 2.03. The van der Waals surface area contributed by atoms with E-state index in [9.17, 15) is 5.11 Å². The number of hydrogen-bond acceptors (Lipinski definition) is 4. The van der Waals surface area contributed by atoms with E-state index in [0.29, 0.717) is 19.1 Å². The maximum absolute atomic E-state index is 9.54. The number of fused-ring (bicyclic) bond motifs is 1. The molecule has 0 aliphatic rings. The highest BCUT2D eigenvalue weighted by atomic mass is 35.5. The van der Waals surface area contributed by atoms with Gasteiger partial charge >= 0.3 is 0 Å². The van der Waals surface area contributed by atoms with Crippen molar-refractivity contribution in [1.82, 2.24) is 4.98 Å². The average Bonchev–Trinajstić information content (AvgIpc) is 2.43. The molecular formula is C14H17ClN2O2. The van der Waals surface area contributed by atoms with E-state index in [1.54, 1.807) is 18.3 Å². The lowest BCUT2D eigenvalue weighted by atomic mass is 10.1. The van der Waals surface area contributed by atoms with E-state index < -0.39 is 0 Å². The van der Waals surface area contributed by atoms with Crippen LogP contribution in [0, 0.1) is 0 Å². The molecule has 0 fully saturated rings. The third-order valence-electron chi connectivity index (χ3n) is 2.73. The van der Waals surface area contributed by atoms with Gasteiger partial charge in [-0.25, -0.2) is 4.98 Å². The fourth-order valence-corrected chi connectivity index (χ4v) is 1.94. The number of nitrogens with one attached hydrogen (secondary N) is 1. The van der Waals surface area contributed by atoms with Crippen molar-refractivity contribution in [1.29, 1.82) is 0 Å². The summed E-state index contributed by atoms with van der Waals surface area (Å²) in [5.41, 5.74) is 0. The largest absolute Gasteiger partial charge is 0.508 e. The summed E-state index contributed by atoms with van der Waals surface area (Å²) in [5.74, 6) is 1.55. The summed E-state index contributed by atoms with van der Waals surface area (Å²) in [7, 11) is 0. The van der Waals surface area contributed by atoms with Gasteiger partial charge in [-0.15, -0.1) is 11.6 Å². The third kappa shape index (κ3) is 3.98. The van der Waals surface area contributed by atoms with Gasteiger partial charge in [-0.1, -0.05) is 6.07 Å². The number of aromatic hydroxyl groups is 1. The first kappa shape index (κ1) is 13.9. The first-order valence-corrected chi connectivity index (χ1v) is 6.80. The van der Waals surface area contributed by atoms with E-state index in [1.807, 2.05) is 12.1 Å². The van der Waals surface area contributed by atoms with Crippen LogP contribution in [0.1, 0.15) is 6.42 Å². The third-order valence-corrected chi connectivity index (χ3v) is 2.88. The van der Waals surface area contributed by atoms with Crippen molar-refractivity contribution in [3.05, 3.63) is 30.5 Å². The molecule has 0 atom stereocenters. The minimum Gasteiger partial charge on any atom is -0.508 e. The molecule has 2 rings (SSSR count). The van der Waals surface area contributed by atoms with Gasteiger partial charge < -0.3 is 15.2 Å². The van der Waals surface area contributed by atoms with E-state index in [-0.39, 0.29) is 5.75 Å². The predicted octanol–water partition coefficient (Wildman–Crippen LogP) is 3.00. The van der Waals surface area contributed by atoms with Gasteiger partial charge in [0.2, 0.25) is 0 Å². The highest BCUT2D eigenvalue weighted by molar-refractivity contribution is 6.17. The maximum atomic E-state index is 9.54. The molecule has 4 nitrogen and oxygen atoms in total. The number of benzene rings is 1. The van der Waals surface area contributed by atoms with Gasteiger partial charge in [-0.2, -0.15) is 0 Å². The molecule has 0 aliphatic carbocycles. The van der Waals surface area contributed by atoms with Crippen LogP contribution in [-0.4, -0.2) is 35.7 Å². The monoisotopic (exact) mass is 280 g/mol. The van der Waals surface area contributed by atoms with Gasteiger partial charge in [0.25, 0.3) is 0 Å². The first-order valence-electron chi connectivity index (χ1n) is 6.26. The van der Waals surface area contributed by atoms with Crippen molar-refractivity contribution in [2.45, 2.75) is 6.42 Å². The molecule has 5 heteroatoms. The Kier molecular flexibility index (Phi) is 5.24. The lowest BCUT2D eigenvalue weighted by Crippen LogP contribution is -2.08. The Morgan fingerprint density at radius 2 is 2.16 bits per heavy atom. The number of alkyl halides is 1. The number of anilines is 1. The zero-order chi connectivity index (χ0) is 13.5. The molecule has 2 aromatic rings. The second-order valence-corrected chi connectivity index (χ2v) is 4.52. The number of hydrogen-bond donors (Lipinski definition) is 2. The molecule has 19 heavy (non-hydrogen) atoms. The Labute approximate surface area is 117 Å². The molecule has 0 bridgehead atoms. The standard InChI is InChI=1S/C14H17ClN2O2/c15-5-9-19-8-1-6-16-14-13-10-12(18)3-2-11(13)4-7-17-14/h2-4,7,10,18H,1,5-6,8-9H2,(H,16,17). The van der Waals surface area contributed by atoms with Crippen LogP contribution in [0.2, 0.25) is 0 Å². The summed E-state index contributed by atoms with van der Waals surface area (Å²) in [6, 6.07) is 7.19. The minimum atomic E-state index is 0.244. The molecule has 1 heterocycles. The van der Waals surface area contributed by atoms with Crippen LogP contribution in [0.5, 0.6) is 5.75 Å². The lowest BCUT2D eigenvalue weighted by Gasteiger charge is -2.09. The van der Waals surface area contributed by atoms with E-state index in [1.165, 1.54) is 0 Å². The molecule has 0 saturated carbocycles. The number of ether oxygens (including phenoxy) is 1. The molecule has 0 aliphatic heterocycles. The van der Waals surface area contributed by atoms with Crippen LogP contribution >= 0.6 is 11.6 Å². The van der Waals surface area contributed by atoms with E-state index in [2.05, 4.69) is 10.3 Å². The Morgan fingerprint density at radius 3 is 3.00 bits per heavy atom. The van der Waals surface area contributed by atoms with Crippen LogP contribution in [0.4, 0.5) is 5.82 Å². The van der Waals surface area contributed by atoms with Crippen LogP contribution in [-0.2, 0) is 4.74 Å². The molecule has 102 valence electrons. The summed E-state index contributed by atoms with van der Waals surface area (Å²) in [4.78, 5) is 4.30. The zero-order valence-corrected chi connectivity index (χ0v) is 11.4. The zero-order valence-electron chi connectivity index (χ0n) is 10.6. The number of aromatic nitrogens is 1. The van der Waals surface area contributed by atoms with Crippen LogP contribution < -0.4 is 5.32 Å². The van der Waals surface area contributed by atoms with Crippen molar-refractivity contribution < 1.29 is 9.84 Å². The van der Waals surface area contributed by atoms with Crippen molar-refractivity contribution in [2.75, 3.05) is 31.0 Å². The molecule has 2 N–H and O–H groups in total. The van der Waals surface area contributed by atoms with Gasteiger partial charge in [0.05, 0.1) is 6.61 Å². The van der Waals surface area contributed by atoms with E-state index in [4.69, 9.17) is 16.3 Å². The summed E-state index contributed by atoms with van der Waals surface area (Å²) >= 11 is 5.52. The van der Waals surface area contributed by atoms with Crippen molar-refractivity contribution in [3.8, 4) is 5.75 Å². The number of rotatable bonds is 7. The Morgan fingerprint density at radius 1 is 1.26 bits per heavy atom. The van der Waals surface area contributed by atoms with Crippen LogP contribution in [0.25, 0.3) is 10.8 Å². The van der Waals surface area contributed by atoms with Crippen molar-refractivity contribution in [2.24, 2.45) is 0 Å². The Bertz CT molecular complexity index is 534. The normalized spacial score (nSPS) is 10.8. The predicted molar refractivity (Wildman–Crippen MR) is 78.1 cm³/mol. The number of halogens is 1. The molecule has 0 unspecified atom stereocenters. The van der Waals surface area contributed by atoms with Gasteiger partial charge in [0.1, 0.15) is 11.6 Å². The fourth-order valence-electron chi connectivity index (χ4n) is 1.83. The maximum Gasteiger partial charge on any atom is 0.133 e. The summed E-state index contributed by atoms with van der Waals surface area (Å²) in [5, 5.41) is 14.8. The Balaban J connectivity index is 1.95.